The van der Waals surface area contributed by atoms with Gasteiger partial charge in [0.1, 0.15) is 9.90 Å². The van der Waals surface area contributed by atoms with Crippen molar-refractivity contribution in [2.24, 2.45) is 0 Å². The second-order valence-electron chi connectivity index (χ2n) is 4.50. The number of hydrogen-bond donors (Lipinski definition) is 1. The zero-order chi connectivity index (χ0) is 17.3. The van der Waals surface area contributed by atoms with E-state index in [9.17, 15) is 14.9 Å². The highest BCUT2D eigenvalue weighted by atomic mass is 35.5. The largest absolute Gasteiger partial charge is 0.298 e. The summed E-state index contributed by atoms with van der Waals surface area (Å²) in [6, 6.07) is 7.41. The second-order valence-corrected chi connectivity index (χ2v) is 7.65. The molecule has 10 heteroatoms. The van der Waals surface area contributed by atoms with Gasteiger partial charge in [-0.25, -0.2) is 4.98 Å². The lowest BCUT2D eigenvalue weighted by atomic mass is 10.1. The van der Waals surface area contributed by atoms with Crippen molar-refractivity contribution in [3.63, 3.8) is 0 Å². The molecule has 0 bridgehead atoms. The lowest BCUT2D eigenvalue weighted by molar-refractivity contribution is -0.385. The summed E-state index contributed by atoms with van der Waals surface area (Å²) in [5, 5.41) is 15.6. The second kappa shape index (κ2) is 6.86. The highest BCUT2D eigenvalue weighted by molar-refractivity contribution is 7.20. The normalized spacial score (nSPS) is 10.6. The minimum absolute atomic E-state index is 0.0316. The van der Waals surface area contributed by atoms with Crippen LogP contribution >= 0.6 is 45.9 Å². The van der Waals surface area contributed by atoms with E-state index in [1.54, 1.807) is 17.5 Å². The Morgan fingerprint density at radius 2 is 2.04 bits per heavy atom. The first kappa shape index (κ1) is 16.8. The standard InChI is InChI=1S/C14H7Cl2N3O3S2/c15-11-5-8(12(16)24-11)9-6-23-14(17-9)18-13(20)7-3-1-2-4-10(7)19(21)22/h1-6H,(H,17,18,20). The summed E-state index contributed by atoms with van der Waals surface area (Å²) in [6.07, 6.45) is 0. The van der Waals surface area contributed by atoms with Crippen molar-refractivity contribution in [1.82, 2.24) is 4.98 Å². The summed E-state index contributed by atoms with van der Waals surface area (Å²) in [4.78, 5) is 26.9. The predicted octanol–water partition coefficient (Wildman–Crippen LogP) is 5.34. The molecule has 0 saturated carbocycles. The van der Waals surface area contributed by atoms with E-state index in [2.05, 4.69) is 10.3 Å². The molecule has 0 aliphatic rings. The monoisotopic (exact) mass is 399 g/mol. The summed E-state index contributed by atoms with van der Waals surface area (Å²) in [6.45, 7) is 0. The van der Waals surface area contributed by atoms with Gasteiger partial charge >= 0.3 is 0 Å². The molecule has 3 aromatic rings. The molecule has 2 heterocycles. The number of aromatic nitrogens is 1. The number of thiophene rings is 1. The molecule has 0 unspecified atom stereocenters. The van der Waals surface area contributed by atoms with E-state index in [-0.39, 0.29) is 11.3 Å². The van der Waals surface area contributed by atoms with E-state index >= 15 is 0 Å². The molecule has 0 aliphatic carbocycles. The van der Waals surface area contributed by atoms with Gasteiger partial charge in [0.15, 0.2) is 5.13 Å². The van der Waals surface area contributed by atoms with E-state index < -0.39 is 10.8 Å². The Labute approximate surface area is 153 Å². The number of amides is 1. The van der Waals surface area contributed by atoms with Gasteiger partial charge in [-0.1, -0.05) is 35.3 Å². The number of nitro benzene ring substituents is 1. The molecule has 122 valence electrons. The first-order valence-corrected chi connectivity index (χ1v) is 8.86. The van der Waals surface area contributed by atoms with Crippen molar-refractivity contribution in [2.45, 2.75) is 0 Å². The van der Waals surface area contributed by atoms with Crippen LogP contribution in [0.3, 0.4) is 0 Å². The van der Waals surface area contributed by atoms with Crippen LogP contribution in [-0.4, -0.2) is 15.8 Å². The van der Waals surface area contributed by atoms with E-state index in [4.69, 9.17) is 23.2 Å². The van der Waals surface area contributed by atoms with Gasteiger partial charge in [-0.2, -0.15) is 0 Å². The van der Waals surface area contributed by atoms with Gasteiger partial charge in [0.25, 0.3) is 11.6 Å². The summed E-state index contributed by atoms with van der Waals surface area (Å²) in [5.41, 5.74) is 0.954. The number of carbonyl (C=O) groups is 1. The van der Waals surface area contributed by atoms with E-state index in [0.29, 0.717) is 25.1 Å². The van der Waals surface area contributed by atoms with Crippen molar-refractivity contribution < 1.29 is 9.72 Å². The molecule has 0 saturated heterocycles. The van der Waals surface area contributed by atoms with Crippen LogP contribution in [0.4, 0.5) is 10.8 Å². The lowest BCUT2D eigenvalue weighted by Gasteiger charge is -2.02. The number of benzene rings is 1. The van der Waals surface area contributed by atoms with Crippen LogP contribution in [0.15, 0.2) is 35.7 Å². The minimum Gasteiger partial charge on any atom is -0.298 e. The molecule has 1 N–H and O–H groups in total. The minimum atomic E-state index is -0.602. The Bertz CT molecular complexity index is 939. The predicted molar refractivity (Wildman–Crippen MR) is 96.5 cm³/mol. The van der Waals surface area contributed by atoms with Crippen molar-refractivity contribution in [2.75, 3.05) is 5.32 Å². The van der Waals surface area contributed by atoms with Crippen LogP contribution in [0, 0.1) is 10.1 Å². The third-order valence-electron chi connectivity index (χ3n) is 3.00. The van der Waals surface area contributed by atoms with Gasteiger partial charge < -0.3 is 0 Å². The maximum atomic E-state index is 12.3. The number of rotatable bonds is 4. The van der Waals surface area contributed by atoms with E-state index in [1.807, 2.05) is 0 Å². The SMILES string of the molecule is O=C(Nc1nc(-c2cc(Cl)sc2Cl)cs1)c1ccccc1[N+](=O)[O-]. The molecule has 0 aliphatic heterocycles. The van der Waals surface area contributed by atoms with Crippen LogP contribution in [0.25, 0.3) is 11.3 Å². The number of para-hydroxylation sites is 1. The molecule has 0 spiro atoms. The van der Waals surface area contributed by atoms with Gasteiger partial charge in [-0.15, -0.1) is 22.7 Å². The van der Waals surface area contributed by atoms with Crippen LogP contribution in [0.5, 0.6) is 0 Å². The lowest BCUT2D eigenvalue weighted by Crippen LogP contribution is -2.13. The number of thiazole rings is 1. The molecule has 0 atom stereocenters. The molecule has 0 radical (unpaired) electrons. The molecule has 1 amide bonds. The molecule has 2 aromatic heterocycles. The van der Waals surface area contributed by atoms with Gasteiger partial charge in [0, 0.05) is 17.0 Å². The van der Waals surface area contributed by atoms with Gasteiger partial charge in [0.05, 0.1) is 15.0 Å². The van der Waals surface area contributed by atoms with Gasteiger partial charge in [-0.05, 0) is 12.1 Å². The molecular formula is C14H7Cl2N3O3S2. The fourth-order valence-corrected chi connectivity index (χ4v) is 4.15. The Hall–Kier alpha value is -2.00. The number of carbonyl (C=O) groups excluding carboxylic acids is 1. The number of nitro groups is 1. The highest BCUT2D eigenvalue weighted by Crippen LogP contribution is 2.39. The Kier molecular flexibility index (Phi) is 4.81. The number of nitrogens with one attached hydrogen (secondary N) is 1. The maximum absolute atomic E-state index is 12.3. The Morgan fingerprint density at radius 3 is 2.71 bits per heavy atom. The molecule has 3 rings (SSSR count). The first-order valence-electron chi connectivity index (χ1n) is 6.41. The summed E-state index contributed by atoms with van der Waals surface area (Å²) in [5.74, 6) is -0.599. The number of anilines is 1. The topological polar surface area (TPSA) is 85.1 Å². The van der Waals surface area contributed by atoms with Crippen LogP contribution in [0.2, 0.25) is 8.67 Å². The quantitative estimate of drug-likeness (QED) is 0.473. The average molecular weight is 400 g/mol. The fourth-order valence-electron chi connectivity index (χ4n) is 1.96. The van der Waals surface area contributed by atoms with Crippen molar-refractivity contribution in [3.05, 3.63) is 60.1 Å². The van der Waals surface area contributed by atoms with Crippen LogP contribution in [0.1, 0.15) is 10.4 Å². The zero-order valence-corrected chi connectivity index (χ0v) is 14.8. The smallest absolute Gasteiger partial charge is 0.282 e. The summed E-state index contributed by atoms with van der Waals surface area (Å²) >= 11 is 14.4. The third-order valence-corrected chi connectivity index (χ3v) is 5.25. The van der Waals surface area contributed by atoms with Crippen LogP contribution in [-0.2, 0) is 0 Å². The number of nitrogens with zero attached hydrogens (tertiary/aromatic N) is 2. The first-order chi connectivity index (χ1) is 11.5. The van der Waals surface area contributed by atoms with Gasteiger partial charge in [0.2, 0.25) is 0 Å². The van der Waals surface area contributed by atoms with Crippen molar-refractivity contribution in [3.8, 4) is 11.3 Å². The zero-order valence-electron chi connectivity index (χ0n) is 11.7. The number of halogens is 2. The fraction of sp³-hybridized carbons (Fsp3) is 0. The highest BCUT2D eigenvalue weighted by Gasteiger charge is 2.20. The van der Waals surface area contributed by atoms with Crippen LogP contribution < -0.4 is 5.32 Å². The molecule has 6 nitrogen and oxygen atoms in total. The summed E-state index contributed by atoms with van der Waals surface area (Å²) in [7, 11) is 0. The molecule has 0 fully saturated rings. The van der Waals surface area contributed by atoms with E-state index in [1.165, 1.54) is 40.9 Å². The average Bonchev–Trinajstić information content (AvgIpc) is 3.13. The third kappa shape index (κ3) is 3.41. The summed E-state index contributed by atoms with van der Waals surface area (Å²) < 4.78 is 1.04. The number of hydrogen-bond acceptors (Lipinski definition) is 6. The molecule has 24 heavy (non-hydrogen) atoms. The maximum Gasteiger partial charge on any atom is 0.282 e. The van der Waals surface area contributed by atoms with Crippen molar-refractivity contribution >= 4 is 62.6 Å². The Balaban J connectivity index is 1.84. The Morgan fingerprint density at radius 1 is 1.29 bits per heavy atom. The van der Waals surface area contributed by atoms with E-state index in [0.717, 1.165) is 0 Å². The van der Waals surface area contributed by atoms with Gasteiger partial charge in [-0.3, -0.25) is 20.2 Å². The molecule has 1 aromatic carbocycles. The molecular weight excluding hydrogens is 393 g/mol. The van der Waals surface area contributed by atoms with Crippen molar-refractivity contribution in [1.29, 1.82) is 0 Å².